The third-order valence-corrected chi connectivity index (χ3v) is 7.52. The van der Waals surface area contributed by atoms with Gasteiger partial charge in [-0.1, -0.05) is 43.2 Å². The second kappa shape index (κ2) is 8.21. The molecule has 0 aliphatic heterocycles. The van der Waals surface area contributed by atoms with Crippen LogP contribution < -0.4 is 5.32 Å². The van der Waals surface area contributed by atoms with E-state index in [1.54, 1.807) is 20.8 Å². The lowest BCUT2D eigenvalue weighted by molar-refractivity contribution is 0.128. The normalized spacial score (nSPS) is 21.6. The zero-order valence-corrected chi connectivity index (χ0v) is 16.1. The molecule has 25 heavy (non-hydrogen) atoms. The van der Waals surface area contributed by atoms with E-state index >= 15 is 0 Å². The predicted octanol–water partition coefficient (Wildman–Crippen LogP) is 3.68. The first-order valence-electron chi connectivity index (χ1n) is 8.88. The number of ether oxygens (including phenoxy) is 1. The molecule has 2 atom stereocenters. The number of nitrogens with one attached hydrogen (secondary N) is 1. The minimum Gasteiger partial charge on any atom is -0.445 e. The van der Waals surface area contributed by atoms with Gasteiger partial charge in [-0.15, -0.1) is 0 Å². The molecule has 0 aromatic heterocycles. The number of rotatable bonds is 5. The summed E-state index contributed by atoms with van der Waals surface area (Å²) in [6.45, 7) is 5.38. The van der Waals surface area contributed by atoms with Crippen molar-refractivity contribution in [2.75, 3.05) is 5.75 Å². The maximum Gasteiger partial charge on any atom is 0.407 e. The zero-order chi connectivity index (χ0) is 18.5. The Morgan fingerprint density at radius 2 is 1.80 bits per heavy atom. The summed E-state index contributed by atoms with van der Waals surface area (Å²) in [5.41, 5.74) is 0.924. The molecular formula is C19H29NO4S. The molecule has 140 valence electrons. The molecule has 1 saturated carbocycles. The van der Waals surface area contributed by atoms with Crippen LogP contribution in [0, 0.1) is 5.92 Å². The summed E-state index contributed by atoms with van der Waals surface area (Å²) < 4.78 is 29.5. The molecule has 1 fully saturated rings. The Morgan fingerprint density at radius 1 is 1.16 bits per heavy atom. The van der Waals surface area contributed by atoms with Crippen molar-refractivity contribution in [1.29, 1.82) is 0 Å². The average molecular weight is 368 g/mol. The number of benzene rings is 1. The van der Waals surface area contributed by atoms with E-state index in [4.69, 9.17) is 4.74 Å². The SMILES string of the molecule is CC(C)(C)S(=O)(=O)C[C@@H]1CCCC[C@@H]1NC(=O)OCc1ccccc1. The van der Waals surface area contributed by atoms with Gasteiger partial charge in [-0.25, -0.2) is 13.2 Å². The van der Waals surface area contributed by atoms with E-state index in [1.807, 2.05) is 30.3 Å². The van der Waals surface area contributed by atoms with E-state index in [9.17, 15) is 13.2 Å². The molecule has 1 aromatic carbocycles. The van der Waals surface area contributed by atoms with E-state index in [0.29, 0.717) is 0 Å². The molecule has 0 radical (unpaired) electrons. The number of hydrogen-bond donors (Lipinski definition) is 1. The summed E-state index contributed by atoms with van der Waals surface area (Å²) in [6.07, 6.45) is 3.13. The Kier molecular flexibility index (Phi) is 6.49. The van der Waals surface area contributed by atoms with Crippen LogP contribution >= 0.6 is 0 Å². The van der Waals surface area contributed by atoms with Crippen molar-refractivity contribution in [2.24, 2.45) is 5.92 Å². The van der Waals surface area contributed by atoms with Crippen molar-refractivity contribution < 1.29 is 17.9 Å². The van der Waals surface area contributed by atoms with Gasteiger partial charge in [-0.05, 0) is 45.1 Å². The van der Waals surface area contributed by atoms with Gasteiger partial charge in [0.25, 0.3) is 0 Å². The van der Waals surface area contributed by atoms with Crippen LogP contribution in [0.25, 0.3) is 0 Å². The first kappa shape index (κ1) is 19.8. The van der Waals surface area contributed by atoms with Crippen molar-refractivity contribution in [3.8, 4) is 0 Å². The van der Waals surface area contributed by atoms with Crippen LogP contribution in [0.1, 0.15) is 52.0 Å². The minimum absolute atomic E-state index is 0.0535. The first-order valence-corrected chi connectivity index (χ1v) is 10.5. The van der Waals surface area contributed by atoms with E-state index in [-0.39, 0.29) is 24.3 Å². The zero-order valence-electron chi connectivity index (χ0n) is 15.3. The van der Waals surface area contributed by atoms with Crippen molar-refractivity contribution >= 4 is 15.9 Å². The average Bonchev–Trinajstić information content (AvgIpc) is 2.54. The predicted molar refractivity (Wildman–Crippen MR) is 99.0 cm³/mol. The number of sulfone groups is 1. The van der Waals surface area contributed by atoms with Gasteiger partial charge in [0.15, 0.2) is 9.84 Å². The smallest absolute Gasteiger partial charge is 0.407 e. The molecule has 0 saturated heterocycles. The molecule has 0 unspecified atom stereocenters. The minimum atomic E-state index is -3.21. The van der Waals surface area contributed by atoms with Crippen LogP contribution in [-0.2, 0) is 21.2 Å². The number of carbonyl (C=O) groups is 1. The number of hydrogen-bond acceptors (Lipinski definition) is 4. The lowest BCUT2D eigenvalue weighted by Gasteiger charge is -2.33. The number of carbonyl (C=O) groups excluding carboxylic acids is 1. The molecule has 1 aromatic rings. The molecule has 1 amide bonds. The monoisotopic (exact) mass is 367 g/mol. The molecule has 5 nitrogen and oxygen atoms in total. The third kappa shape index (κ3) is 5.73. The Bertz CT molecular complexity index is 664. The van der Waals surface area contributed by atoms with Crippen molar-refractivity contribution in [3.63, 3.8) is 0 Å². The second-order valence-corrected chi connectivity index (χ2v) is 10.5. The van der Waals surface area contributed by atoms with Crippen molar-refractivity contribution in [1.82, 2.24) is 5.32 Å². The van der Waals surface area contributed by atoms with Crippen LogP contribution in [0.2, 0.25) is 0 Å². The van der Waals surface area contributed by atoms with Crippen LogP contribution in [0.5, 0.6) is 0 Å². The lowest BCUT2D eigenvalue weighted by atomic mass is 9.86. The summed E-state index contributed by atoms with van der Waals surface area (Å²) in [5.74, 6) is 0.0578. The topological polar surface area (TPSA) is 72.5 Å². The molecule has 2 rings (SSSR count). The summed E-state index contributed by atoms with van der Waals surface area (Å²) in [6, 6.07) is 9.34. The highest BCUT2D eigenvalue weighted by Crippen LogP contribution is 2.29. The molecule has 6 heteroatoms. The third-order valence-electron chi connectivity index (χ3n) is 4.79. The first-order chi connectivity index (χ1) is 11.7. The fourth-order valence-corrected chi connectivity index (χ4v) is 4.51. The maximum absolute atomic E-state index is 12.5. The fourth-order valence-electron chi connectivity index (χ4n) is 3.05. The maximum atomic E-state index is 12.5. The standard InChI is InChI=1S/C19H29NO4S/c1-19(2,3)25(22,23)14-16-11-7-8-12-17(16)20-18(21)24-13-15-9-5-4-6-10-15/h4-6,9-10,16-17H,7-8,11-14H2,1-3H3,(H,20,21)/t16-,17-/m0/s1. The van der Waals surface area contributed by atoms with Crippen molar-refractivity contribution in [3.05, 3.63) is 35.9 Å². The van der Waals surface area contributed by atoms with Gasteiger partial charge >= 0.3 is 6.09 Å². The highest BCUT2D eigenvalue weighted by Gasteiger charge is 2.36. The van der Waals surface area contributed by atoms with Crippen LogP contribution in [0.4, 0.5) is 4.79 Å². The van der Waals surface area contributed by atoms with Gasteiger partial charge < -0.3 is 10.1 Å². The molecule has 0 spiro atoms. The highest BCUT2D eigenvalue weighted by molar-refractivity contribution is 7.92. The van der Waals surface area contributed by atoms with Gasteiger partial charge in [0, 0.05) is 6.04 Å². The second-order valence-electron chi connectivity index (χ2n) is 7.75. The van der Waals surface area contributed by atoms with E-state index in [1.165, 1.54) is 0 Å². The van der Waals surface area contributed by atoms with Gasteiger partial charge in [-0.3, -0.25) is 0 Å². The summed E-state index contributed by atoms with van der Waals surface area (Å²) in [5, 5.41) is 2.89. The van der Waals surface area contributed by atoms with E-state index < -0.39 is 20.7 Å². The van der Waals surface area contributed by atoms with Crippen LogP contribution in [0.15, 0.2) is 30.3 Å². The quantitative estimate of drug-likeness (QED) is 0.861. The fraction of sp³-hybridized carbons (Fsp3) is 0.632. The molecule has 0 heterocycles. The molecule has 1 aliphatic rings. The van der Waals surface area contributed by atoms with Crippen molar-refractivity contribution in [2.45, 2.75) is 63.9 Å². The Labute approximate surface area is 151 Å². The lowest BCUT2D eigenvalue weighted by Crippen LogP contribution is -2.46. The Morgan fingerprint density at radius 3 is 2.44 bits per heavy atom. The van der Waals surface area contributed by atoms with Gasteiger partial charge in [0.2, 0.25) is 0 Å². The molecular weight excluding hydrogens is 338 g/mol. The highest BCUT2D eigenvalue weighted by atomic mass is 32.2. The van der Waals surface area contributed by atoms with E-state index in [0.717, 1.165) is 31.2 Å². The van der Waals surface area contributed by atoms with Crippen LogP contribution in [0.3, 0.4) is 0 Å². The Balaban J connectivity index is 1.93. The van der Waals surface area contributed by atoms with Gasteiger partial charge in [0.1, 0.15) is 6.61 Å². The summed E-state index contributed by atoms with van der Waals surface area (Å²) in [4.78, 5) is 12.1. The van der Waals surface area contributed by atoms with E-state index in [2.05, 4.69) is 5.32 Å². The summed E-state index contributed by atoms with van der Waals surface area (Å²) >= 11 is 0. The molecule has 0 bridgehead atoms. The van der Waals surface area contributed by atoms with Gasteiger partial charge in [-0.2, -0.15) is 0 Å². The molecule has 1 aliphatic carbocycles. The Hall–Kier alpha value is -1.56. The number of amides is 1. The summed E-state index contributed by atoms with van der Waals surface area (Å²) in [7, 11) is -3.21. The largest absolute Gasteiger partial charge is 0.445 e. The van der Waals surface area contributed by atoms with Crippen LogP contribution in [-0.4, -0.2) is 31.1 Å². The number of alkyl carbamates (subject to hydrolysis) is 1. The molecule has 1 N–H and O–H groups in total. The van der Waals surface area contributed by atoms with Gasteiger partial charge in [0.05, 0.1) is 10.5 Å².